The Labute approximate surface area is 164 Å². The number of carbonyl (C=O) groups is 1. The SMILES string of the molecule is NCC(C(=O)Nc1nc(-c2c[nH]c3ncccc23)cs1)c1ccccc1Cl. The van der Waals surface area contributed by atoms with E-state index in [9.17, 15) is 4.79 Å². The molecule has 1 unspecified atom stereocenters. The maximum atomic E-state index is 12.7. The summed E-state index contributed by atoms with van der Waals surface area (Å²) < 4.78 is 0. The van der Waals surface area contributed by atoms with Crippen LogP contribution in [0.25, 0.3) is 22.3 Å². The molecule has 4 rings (SSSR count). The Morgan fingerprint density at radius 3 is 2.96 bits per heavy atom. The zero-order valence-electron chi connectivity index (χ0n) is 14.1. The standard InChI is InChI=1S/C19H16ClN5OS/c20-15-6-2-1-4-11(15)13(8-21)18(26)25-19-24-16(10-27-19)14-9-23-17-12(14)5-3-7-22-17/h1-7,9-10,13H,8,21H2,(H,22,23)(H,24,25,26). The molecular formula is C19H16ClN5OS. The van der Waals surface area contributed by atoms with Crippen LogP contribution in [-0.4, -0.2) is 27.4 Å². The fourth-order valence-electron chi connectivity index (χ4n) is 2.95. The molecule has 0 saturated heterocycles. The van der Waals surface area contributed by atoms with Gasteiger partial charge in [0.25, 0.3) is 0 Å². The van der Waals surface area contributed by atoms with Crippen LogP contribution < -0.4 is 11.1 Å². The molecule has 0 aliphatic rings. The highest BCUT2D eigenvalue weighted by atomic mass is 35.5. The number of benzene rings is 1. The van der Waals surface area contributed by atoms with E-state index in [1.807, 2.05) is 41.9 Å². The average molecular weight is 398 g/mol. The van der Waals surface area contributed by atoms with Crippen LogP contribution in [0.15, 0.2) is 54.2 Å². The van der Waals surface area contributed by atoms with Gasteiger partial charge in [-0.2, -0.15) is 0 Å². The summed E-state index contributed by atoms with van der Waals surface area (Å²) in [4.78, 5) is 24.7. The number of hydrogen-bond acceptors (Lipinski definition) is 5. The molecule has 1 amide bonds. The van der Waals surface area contributed by atoms with E-state index in [1.165, 1.54) is 11.3 Å². The highest BCUT2D eigenvalue weighted by molar-refractivity contribution is 7.14. The van der Waals surface area contributed by atoms with Crippen LogP contribution in [-0.2, 0) is 4.79 Å². The zero-order valence-corrected chi connectivity index (χ0v) is 15.7. The van der Waals surface area contributed by atoms with Gasteiger partial charge in [0, 0.05) is 40.3 Å². The van der Waals surface area contributed by atoms with Crippen molar-refractivity contribution in [3.8, 4) is 11.3 Å². The fourth-order valence-corrected chi connectivity index (χ4v) is 3.93. The number of thiazole rings is 1. The van der Waals surface area contributed by atoms with Gasteiger partial charge in [0.1, 0.15) is 5.65 Å². The molecule has 4 N–H and O–H groups in total. The molecule has 3 aromatic heterocycles. The molecule has 27 heavy (non-hydrogen) atoms. The number of nitrogens with zero attached hydrogens (tertiary/aromatic N) is 2. The first-order valence-electron chi connectivity index (χ1n) is 8.30. The summed E-state index contributed by atoms with van der Waals surface area (Å²) in [5.74, 6) is -0.768. The third-order valence-electron chi connectivity index (χ3n) is 4.29. The second-order valence-electron chi connectivity index (χ2n) is 5.94. The Hall–Kier alpha value is -2.74. The molecule has 0 bridgehead atoms. The molecular weight excluding hydrogens is 382 g/mol. The van der Waals surface area contributed by atoms with Crippen LogP contribution in [0.2, 0.25) is 5.02 Å². The molecule has 6 nitrogen and oxygen atoms in total. The van der Waals surface area contributed by atoms with Crippen LogP contribution in [0.5, 0.6) is 0 Å². The lowest BCUT2D eigenvalue weighted by atomic mass is 9.98. The molecule has 0 aliphatic carbocycles. The summed E-state index contributed by atoms with van der Waals surface area (Å²) in [6.45, 7) is 0.155. The van der Waals surface area contributed by atoms with E-state index in [4.69, 9.17) is 17.3 Å². The van der Waals surface area contributed by atoms with E-state index < -0.39 is 5.92 Å². The van der Waals surface area contributed by atoms with Crippen molar-refractivity contribution < 1.29 is 4.79 Å². The largest absolute Gasteiger partial charge is 0.345 e. The summed E-state index contributed by atoms with van der Waals surface area (Å²) in [5, 5.41) is 6.77. The van der Waals surface area contributed by atoms with Gasteiger partial charge in [-0.05, 0) is 23.8 Å². The predicted molar refractivity (Wildman–Crippen MR) is 109 cm³/mol. The number of H-pyrrole nitrogens is 1. The smallest absolute Gasteiger partial charge is 0.235 e. The molecule has 0 fully saturated rings. The number of pyridine rings is 1. The lowest BCUT2D eigenvalue weighted by Gasteiger charge is -2.15. The summed E-state index contributed by atoms with van der Waals surface area (Å²) in [6, 6.07) is 11.1. The monoisotopic (exact) mass is 397 g/mol. The number of fused-ring (bicyclic) bond motifs is 1. The number of carbonyl (C=O) groups excluding carboxylic acids is 1. The molecule has 1 aromatic carbocycles. The minimum atomic E-state index is -0.539. The predicted octanol–water partition coefficient (Wildman–Crippen LogP) is 4.02. The van der Waals surface area contributed by atoms with Gasteiger partial charge in [-0.3, -0.25) is 4.79 Å². The summed E-state index contributed by atoms with van der Waals surface area (Å²) >= 11 is 7.57. The molecule has 0 spiro atoms. The lowest BCUT2D eigenvalue weighted by Crippen LogP contribution is -2.27. The summed E-state index contributed by atoms with van der Waals surface area (Å²) in [6.07, 6.45) is 3.60. The second kappa shape index (κ2) is 7.48. The molecule has 8 heteroatoms. The topological polar surface area (TPSA) is 96.7 Å². The minimum absolute atomic E-state index is 0.155. The molecule has 0 aliphatic heterocycles. The van der Waals surface area contributed by atoms with Gasteiger partial charge in [0.2, 0.25) is 5.91 Å². The maximum Gasteiger partial charge on any atom is 0.235 e. The molecule has 136 valence electrons. The number of nitrogens with two attached hydrogens (primary N) is 1. The number of halogens is 1. The zero-order chi connectivity index (χ0) is 18.8. The molecule has 0 saturated carbocycles. The van der Waals surface area contributed by atoms with E-state index in [2.05, 4.69) is 20.3 Å². The number of amides is 1. The normalized spacial score (nSPS) is 12.2. The van der Waals surface area contributed by atoms with E-state index in [-0.39, 0.29) is 12.5 Å². The van der Waals surface area contributed by atoms with E-state index in [0.717, 1.165) is 22.3 Å². The highest BCUT2D eigenvalue weighted by Crippen LogP contribution is 2.31. The van der Waals surface area contributed by atoms with Crippen LogP contribution in [0, 0.1) is 0 Å². The Balaban J connectivity index is 1.57. The van der Waals surface area contributed by atoms with Gasteiger partial charge in [0.05, 0.1) is 11.6 Å². The van der Waals surface area contributed by atoms with Crippen molar-refractivity contribution >= 4 is 45.0 Å². The van der Waals surface area contributed by atoms with Gasteiger partial charge in [-0.15, -0.1) is 11.3 Å². The van der Waals surface area contributed by atoms with Crippen molar-refractivity contribution in [2.75, 3.05) is 11.9 Å². The van der Waals surface area contributed by atoms with Crippen molar-refractivity contribution in [3.63, 3.8) is 0 Å². The lowest BCUT2D eigenvalue weighted by molar-refractivity contribution is -0.117. The number of nitrogens with one attached hydrogen (secondary N) is 2. The van der Waals surface area contributed by atoms with Crippen LogP contribution in [0.4, 0.5) is 5.13 Å². The van der Waals surface area contributed by atoms with Gasteiger partial charge in [0.15, 0.2) is 5.13 Å². The van der Waals surface area contributed by atoms with Gasteiger partial charge in [-0.25, -0.2) is 9.97 Å². The number of hydrogen-bond donors (Lipinski definition) is 3. The van der Waals surface area contributed by atoms with E-state index in [1.54, 1.807) is 12.3 Å². The molecule has 1 atom stereocenters. The average Bonchev–Trinajstić information content (AvgIpc) is 3.30. The third-order valence-corrected chi connectivity index (χ3v) is 5.40. The second-order valence-corrected chi connectivity index (χ2v) is 7.20. The van der Waals surface area contributed by atoms with Crippen molar-refractivity contribution in [3.05, 3.63) is 64.8 Å². The van der Waals surface area contributed by atoms with E-state index >= 15 is 0 Å². The molecule has 3 heterocycles. The van der Waals surface area contributed by atoms with Crippen LogP contribution in [0.1, 0.15) is 11.5 Å². The summed E-state index contributed by atoms with van der Waals surface area (Å²) in [5.41, 5.74) is 9.05. The van der Waals surface area contributed by atoms with Gasteiger partial charge < -0.3 is 16.0 Å². The fraction of sp³-hybridized carbons (Fsp3) is 0.105. The third kappa shape index (κ3) is 3.44. The first kappa shape index (κ1) is 17.7. The van der Waals surface area contributed by atoms with Crippen molar-refractivity contribution in [1.29, 1.82) is 0 Å². The van der Waals surface area contributed by atoms with Crippen LogP contribution >= 0.6 is 22.9 Å². The van der Waals surface area contributed by atoms with Crippen LogP contribution in [0.3, 0.4) is 0 Å². The first-order valence-corrected chi connectivity index (χ1v) is 9.56. The highest BCUT2D eigenvalue weighted by Gasteiger charge is 2.22. The Morgan fingerprint density at radius 2 is 2.15 bits per heavy atom. The van der Waals surface area contributed by atoms with Crippen molar-refractivity contribution in [2.24, 2.45) is 5.73 Å². The summed E-state index contributed by atoms with van der Waals surface area (Å²) in [7, 11) is 0. The Morgan fingerprint density at radius 1 is 1.30 bits per heavy atom. The molecule has 4 aromatic rings. The van der Waals surface area contributed by atoms with Gasteiger partial charge in [-0.1, -0.05) is 29.8 Å². The van der Waals surface area contributed by atoms with Crippen molar-refractivity contribution in [1.82, 2.24) is 15.0 Å². The minimum Gasteiger partial charge on any atom is -0.345 e. The maximum absolute atomic E-state index is 12.7. The number of anilines is 1. The quantitative estimate of drug-likeness (QED) is 0.473. The van der Waals surface area contributed by atoms with Gasteiger partial charge >= 0.3 is 0 Å². The van der Waals surface area contributed by atoms with Crippen molar-refractivity contribution in [2.45, 2.75) is 5.92 Å². The Bertz CT molecular complexity index is 1110. The van der Waals surface area contributed by atoms with E-state index in [0.29, 0.717) is 15.7 Å². The number of aromatic amines is 1. The Kier molecular flexibility index (Phi) is 4.89. The number of rotatable bonds is 5. The molecule has 0 radical (unpaired) electrons. The first-order chi connectivity index (χ1) is 13.2. The number of aromatic nitrogens is 3.